The molecule has 5 heteroatoms. The molecule has 0 atom stereocenters. The number of nitrogens with one attached hydrogen (secondary N) is 1. The van der Waals surface area contributed by atoms with Gasteiger partial charge < -0.3 is 10.1 Å². The van der Waals surface area contributed by atoms with Gasteiger partial charge >= 0.3 is 0 Å². The van der Waals surface area contributed by atoms with Crippen LogP contribution in [0.3, 0.4) is 0 Å². The first-order valence-corrected chi connectivity index (χ1v) is 8.59. The van der Waals surface area contributed by atoms with Crippen molar-refractivity contribution in [2.24, 2.45) is 0 Å². The number of carbonyl (C=O) groups excluding carboxylic acids is 2. The van der Waals surface area contributed by atoms with Gasteiger partial charge in [0.25, 0.3) is 0 Å². The Morgan fingerprint density at radius 3 is 2.54 bits per heavy atom. The molecule has 0 aliphatic carbocycles. The van der Waals surface area contributed by atoms with Crippen LogP contribution < -0.4 is 10.1 Å². The van der Waals surface area contributed by atoms with Crippen LogP contribution in [0, 0.1) is 6.92 Å². The maximum atomic E-state index is 12.0. The Kier molecular flexibility index (Phi) is 7.00. The standard InChI is InChI=1S/C19H20BrNO3/c1-14-5-7-15(8-6-14)18(22)9-10-19(23)21-11-12-24-17-4-2-3-16(20)13-17/h2-8,13H,9-12H2,1H3,(H,21,23). The van der Waals surface area contributed by atoms with Gasteiger partial charge in [0.15, 0.2) is 5.78 Å². The molecule has 0 radical (unpaired) electrons. The summed E-state index contributed by atoms with van der Waals surface area (Å²) in [5.74, 6) is 0.581. The number of rotatable bonds is 8. The maximum Gasteiger partial charge on any atom is 0.220 e. The number of benzene rings is 2. The van der Waals surface area contributed by atoms with Crippen LogP contribution in [-0.2, 0) is 4.79 Å². The smallest absolute Gasteiger partial charge is 0.220 e. The number of hydrogen-bond acceptors (Lipinski definition) is 3. The summed E-state index contributed by atoms with van der Waals surface area (Å²) in [6.45, 7) is 2.76. The van der Waals surface area contributed by atoms with Gasteiger partial charge in [-0.15, -0.1) is 0 Å². The van der Waals surface area contributed by atoms with Crippen molar-refractivity contribution in [2.45, 2.75) is 19.8 Å². The summed E-state index contributed by atoms with van der Waals surface area (Å²) >= 11 is 3.37. The van der Waals surface area contributed by atoms with E-state index in [1.165, 1.54) is 0 Å². The van der Waals surface area contributed by atoms with Crippen molar-refractivity contribution in [1.82, 2.24) is 5.32 Å². The van der Waals surface area contributed by atoms with Crippen LogP contribution in [0.1, 0.15) is 28.8 Å². The highest BCUT2D eigenvalue weighted by molar-refractivity contribution is 9.10. The normalized spacial score (nSPS) is 10.2. The number of halogens is 1. The summed E-state index contributed by atoms with van der Waals surface area (Å²) < 4.78 is 6.47. The predicted octanol–water partition coefficient (Wildman–Crippen LogP) is 3.92. The molecule has 0 unspecified atom stereocenters. The average Bonchev–Trinajstić information content (AvgIpc) is 2.57. The molecule has 0 fully saturated rings. The Hall–Kier alpha value is -2.14. The molecule has 1 amide bonds. The fourth-order valence-electron chi connectivity index (χ4n) is 2.12. The molecule has 24 heavy (non-hydrogen) atoms. The van der Waals surface area contributed by atoms with Crippen molar-refractivity contribution in [3.63, 3.8) is 0 Å². The third kappa shape index (κ3) is 6.16. The lowest BCUT2D eigenvalue weighted by molar-refractivity contribution is -0.121. The molecule has 2 rings (SSSR count). The van der Waals surface area contributed by atoms with Crippen LogP contribution in [0.15, 0.2) is 53.0 Å². The van der Waals surface area contributed by atoms with E-state index in [2.05, 4.69) is 21.2 Å². The monoisotopic (exact) mass is 389 g/mol. The van der Waals surface area contributed by atoms with Crippen LogP contribution in [0.2, 0.25) is 0 Å². The van der Waals surface area contributed by atoms with Gasteiger partial charge in [-0.25, -0.2) is 0 Å². The average molecular weight is 390 g/mol. The topological polar surface area (TPSA) is 55.4 Å². The molecule has 126 valence electrons. The second-order valence-electron chi connectivity index (χ2n) is 5.44. The number of carbonyl (C=O) groups is 2. The highest BCUT2D eigenvalue weighted by Crippen LogP contribution is 2.17. The number of aryl methyl sites for hydroxylation is 1. The maximum absolute atomic E-state index is 12.0. The van der Waals surface area contributed by atoms with Crippen LogP contribution in [-0.4, -0.2) is 24.8 Å². The molecular formula is C19H20BrNO3. The molecule has 0 saturated carbocycles. The Morgan fingerprint density at radius 2 is 1.83 bits per heavy atom. The Bertz CT molecular complexity index is 698. The van der Waals surface area contributed by atoms with Crippen molar-refractivity contribution >= 4 is 27.6 Å². The van der Waals surface area contributed by atoms with Crippen molar-refractivity contribution in [1.29, 1.82) is 0 Å². The number of Topliss-reactive ketones (excluding diaryl/α,β-unsaturated/α-hetero) is 1. The van der Waals surface area contributed by atoms with E-state index in [9.17, 15) is 9.59 Å². The van der Waals surface area contributed by atoms with E-state index >= 15 is 0 Å². The van der Waals surface area contributed by atoms with Gasteiger partial charge in [-0.05, 0) is 25.1 Å². The lowest BCUT2D eigenvalue weighted by atomic mass is 10.1. The summed E-state index contributed by atoms with van der Waals surface area (Å²) in [5.41, 5.74) is 1.75. The zero-order valence-electron chi connectivity index (χ0n) is 13.5. The van der Waals surface area contributed by atoms with Crippen LogP contribution in [0.4, 0.5) is 0 Å². The highest BCUT2D eigenvalue weighted by atomic mass is 79.9. The summed E-state index contributed by atoms with van der Waals surface area (Å²) in [5, 5.41) is 2.76. The zero-order valence-corrected chi connectivity index (χ0v) is 15.1. The van der Waals surface area contributed by atoms with Crippen LogP contribution >= 0.6 is 15.9 Å². The first-order chi connectivity index (χ1) is 11.5. The van der Waals surface area contributed by atoms with E-state index in [0.29, 0.717) is 18.7 Å². The molecule has 0 aliphatic rings. The van der Waals surface area contributed by atoms with Gasteiger partial charge in [0.05, 0.1) is 6.54 Å². The van der Waals surface area contributed by atoms with Crippen LogP contribution in [0.5, 0.6) is 5.75 Å². The quantitative estimate of drug-likeness (QED) is 0.549. The lowest BCUT2D eigenvalue weighted by Gasteiger charge is -2.08. The minimum absolute atomic E-state index is 0.0180. The minimum Gasteiger partial charge on any atom is -0.492 e. The van der Waals surface area contributed by atoms with E-state index < -0.39 is 0 Å². The van der Waals surface area contributed by atoms with E-state index in [0.717, 1.165) is 15.8 Å². The van der Waals surface area contributed by atoms with Gasteiger partial charge in [0, 0.05) is 22.9 Å². The Labute approximate surface area is 150 Å². The molecule has 1 N–H and O–H groups in total. The van der Waals surface area contributed by atoms with Gasteiger partial charge in [-0.3, -0.25) is 9.59 Å². The number of ketones is 1. The molecule has 0 bridgehead atoms. The summed E-state index contributed by atoms with van der Waals surface area (Å²) in [6, 6.07) is 14.9. The van der Waals surface area contributed by atoms with Gasteiger partial charge in [0.1, 0.15) is 12.4 Å². The van der Waals surface area contributed by atoms with E-state index in [1.807, 2.05) is 43.3 Å². The first kappa shape index (κ1) is 18.2. The zero-order chi connectivity index (χ0) is 17.4. The van der Waals surface area contributed by atoms with Crippen molar-refractivity contribution in [3.05, 3.63) is 64.1 Å². The third-order valence-corrected chi connectivity index (χ3v) is 3.93. The van der Waals surface area contributed by atoms with Crippen molar-refractivity contribution in [2.75, 3.05) is 13.2 Å². The number of ether oxygens (including phenoxy) is 1. The lowest BCUT2D eigenvalue weighted by Crippen LogP contribution is -2.28. The summed E-state index contributed by atoms with van der Waals surface area (Å²) in [4.78, 5) is 23.8. The SMILES string of the molecule is Cc1ccc(C(=O)CCC(=O)NCCOc2cccc(Br)c2)cc1. The fourth-order valence-corrected chi connectivity index (χ4v) is 2.49. The van der Waals surface area contributed by atoms with E-state index in [4.69, 9.17) is 4.74 Å². The molecule has 0 aromatic heterocycles. The first-order valence-electron chi connectivity index (χ1n) is 7.79. The highest BCUT2D eigenvalue weighted by Gasteiger charge is 2.09. The molecule has 0 saturated heterocycles. The predicted molar refractivity (Wildman–Crippen MR) is 97.4 cm³/mol. The third-order valence-electron chi connectivity index (χ3n) is 3.44. The molecular weight excluding hydrogens is 370 g/mol. The van der Waals surface area contributed by atoms with Crippen molar-refractivity contribution in [3.8, 4) is 5.75 Å². The van der Waals surface area contributed by atoms with E-state index in [1.54, 1.807) is 12.1 Å². The molecule has 2 aromatic rings. The second kappa shape index (κ2) is 9.23. The molecule has 0 heterocycles. The minimum atomic E-state index is -0.145. The number of hydrogen-bond donors (Lipinski definition) is 1. The fraction of sp³-hybridized carbons (Fsp3) is 0.263. The summed E-state index contributed by atoms with van der Waals surface area (Å²) in [6.07, 6.45) is 0.394. The van der Waals surface area contributed by atoms with Gasteiger partial charge in [-0.2, -0.15) is 0 Å². The van der Waals surface area contributed by atoms with E-state index in [-0.39, 0.29) is 24.5 Å². The Morgan fingerprint density at radius 1 is 1.08 bits per heavy atom. The Balaban J connectivity index is 1.64. The molecule has 4 nitrogen and oxygen atoms in total. The van der Waals surface area contributed by atoms with Crippen molar-refractivity contribution < 1.29 is 14.3 Å². The second-order valence-corrected chi connectivity index (χ2v) is 6.36. The van der Waals surface area contributed by atoms with Gasteiger partial charge in [-0.1, -0.05) is 51.8 Å². The van der Waals surface area contributed by atoms with Crippen LogP contribution in [0.25, 0.3) is 0 Å². The molecule has 2 aromatic carbocycles. The molecule has 0 spiro atoms. The largest absolute Gasteiger partial charge is 0.492 e. The number of amides is 1. The molecule has 0 aliphatic heterocycles. The summed E-state index contributed by atoms with van der Waals surface area (Å²) in [7, 11) is 0. The van der Waals surface area contributed by atoms with Gasteiger partial charge in [0.2, 0.25) is 5.91 Å².